The van der Waals surface area contributed by atoms with Crippen LogP contribution in [0.5, 0.6) is 0 Å². The summed E-state index contributed by atoms with van der Waals surface area (Å²) in [5, 5.41) is 14.8. The molecule has 3 N–H and O–H groups in total. The first-order chi connectivity index (χ1) is 12.9. The van der Waals surface area contributed by atoms with Gasteiger partial charge in [0.15, 0.2) is 11.5 Å². The van der Waals surface area contributed by atoms with E-state index in [2.05, 4.69) is 10.6 Å². The molecule has 10 nitrogen and oxygen atoms in total. The second-order valence-electron chi connectivity index (χ2n) is 8.93. The lowest BCUT2D eigenvalue weighted by molar-refractivity contribution is -0.338. The fourth-order valence-electron chi connectivity index (χ4n) is 3.72. The maximum Gasteiger partial charge on any atom is 0.407 e. The van der Waals surface area contributed by atoms with Gasteiger partial charge in [0, 0.05) is 6.54 Å². The van der Waals surface area contributed by atoms with Crippen LogP contribution < -0.4 is 10.6 Å². The molecule has 0 aliphatic carbocycles. The monoisotopic (exact) mass is 402 g/mol. The molecule has 4 atom stereocenters. The molecular formula is C18H30N2O8. The van der Waals surface area contributed by atoms with E-state index in [1.807, 2.05) is 0 Å². The first kappa shape index (κ1) is 21.3. The standard InChI is InChI=1S/C18H30N2O8/c1-15(2,3)28-14(23)19-8-17-9-25-18(10-24-17,20-7-6-11(21)22)13-12(17)26-16(4,5)27-13/h12-13,20H,6-10H2,1-5H3,(H,19,23)(H,21,22)/t12-,13+,17?,18?/m1/s1. The summed E-state index contributed by atoms with van der Waals surface area (Å²) in [6.45, 7) is 9.59. The van der Waals surface area contributed by atoms with E-state index in [1.165, 1.54) is 0 Å². The highest BCUT2D eigenvalue weighted by Crippen LogP contribution is 2.48. The molecule has 0 saturated carbocycles. The molecule has 160 valence electrons. The first-order valence-corrected chi connectivity index (χ1v) is 9.44. The van der Waals surface area contributed by atoms with Crippen molar-refractivity contribution in [1.29, 1.82) is 0 Å². The average Bonchev–Trinajstić information content (AvgIpc) is 2.90. The van der Waals surface area contributed by atoms with E-state index in [9.17, 15) is 9.59 Å². The van der Waals surface area contributed by atoms with Crippen molar-refractivity contribution in [3.63, 3.8) is 0 Å². The molecular weight excluding hydrogens is 372 g/mol. The van der Waals surface area contributed by atoms with Crippen molar-refractivity contribution < 1.29 is 38.4 Å². The van der Waals surface area contributed by atoms with E-state index < -0.39 is 47.0 Å². The van der Waals surface area contributed by atoms with Gasteiger partial charge in [-0.15, -0.1) is 0 Å². The van der Waals surface area contributed by atoms with Crippen LogP contribution in [0.4, 0.5) is 4.79 Å². The van der Waals surface area contributed by atoms with Crippen LogP contribution in [0.2, 0.25) is 0 Å². The quantitative estimate of drug-likeness (QED) is 0.585. The number of ether oxygens (including phenoxy) is 5. The molecule has 0 aromatic rings. The van der Waals surface area contributed by atoms with Crippen LogP contribution in [-0.2, 0) is 28.5 Å². The summed E-state index contributed by atoms with van der Waals surface area (Å²) in [7, 11) is 0. The Hall–Kier alpha value is -1.46. The minimum Gasteiger partial charge on any atom is -0.481 e. The van der Waals surface area contributed by atoms with Crippen molar-refractivity contribution in [3.05, 3.63) is 0 Å². The van der Waals surface area contributed by atoms with Crippen molar-refractivity contribution in [2.75, 3.05) is 26.3 Å². The molecule has 4 aliphatic rings. The number of alkyl carbamates (subject to hydrolysis) is 1. The summed E-state index contributed by atoms with van der Waals surface area (Å²) in [6.07, 6.45) is -1.63. The molecule has 4 saturated heterocycles. The van der Waals surface area contributed by atoms with Crippen LogP contribution in [0.1, 0.15) is 41.0 Å². The minimum atomic E-state index is -0.998. The van der Waals surface area contributed by atoms with Crippen LogP contribution in [0, 0.1) is 0 Å². The molecule has 0 spiro atoms. The molecule has 4 fully saturated rings. The summed E-state index contributed by atoms with van der Waals surface area (Å²) >= 11 is 0. The molecule has 0 radical (unpaired) electrons. The van der Waals surface area contributed by atoms with E-state index in [1.54, 1.807) is 34.6 Å². The smallest absolute Gasteiger partial charge is 0.407 e. The maximum absolute atomic E-state index is 12.1. The van der Waals surface area contributed by atoms with Gasteiger partial charge < -0.3 is 34.1 Å². The van der Waals surface area contributed by atoms with Crippen molar-refractivity contribution in [2.45, 2.75) is 76.0 Å². The third-order valence-electron chi connectivity index (χ3n) is 4.92. The zero-order valence-corrected chi connectivity index (χ0v) is 17.0. The SMILES string of the molecule is CC(C)(C)OC(=O)NCC12COC(NCCC(=O)O)(CO1)[C@H]1OC(C)(C)O[C@H]12. The molecule has 2 unspecified atom stereocenters. The molecule has 0 aromatic carbocycles. The van der Waals surface area contributed by atoms with Crippen LogP contribution >= 0.6 is 0 Å². The number of amides is 1. The highest BCUT2D eigenvalue weighted by Gasteiger charge is 2.69. The van der Waals surface area contributed by atoms with Gasteiger partial charge in [0.25, 0.3) is 0 Å². The lowest BCUT2D eigenvalue weighted by Gasteiger charge is -2.57. The molecule has 4 rings (SSSR count). The normalized spacial score (nSPS) is 36.0. The second-order valence-corrected chi connectivity index (χ2v) is 8.93. The van der Waals surface area contributed by atoms with Crippen molar-refractivity contribution >= 4 is 12.1 Å². The summed E-state index contributed by atoms with van der Waals surface area (Å²) in [6, 6.07) is 0. The van der Waals surface area contributed by atoms with E-state index in [0.29, 0.717) is 0 Å². The van der Waals surface area contributed by atoms with Crippen molar-refractivity contribution in [1.82, 2.24) is 10.6 Å². The second kappa shape index (κ2) is 7.10. The van der Waals surface area contributed by atoms with Gasteiger partial charge in [0.05, 0.1) is 26.2 Å². The van der Waals surface area contributed by atoms with Gasteiger partial charge in [-0.05, 0) is 34.6 Å². The van der Waals surface area contributed by atoms with E-state index in [4.69, 9.17) is 28.8 Å². The van der Waals surface area contributed by atoms with Crippen LogP contribution in [0.25, 0.3) is 0 Å². The Labute approximate surface area is 164 Å². The van der Waals surface area contributed by atoms with Gasteiger partial charge in [0.2, 0.25) is 0 Å². The number of carboxylic acids is 1. The van der Waals surface area contributed by atoms with Crippen molar-refractivity contribution in [3.8, 4) is 0 Å². The molecule has 28 heavy (non-hydrogen) atoms. The predicted octanol–water partition coefficient (Wildman–Crippen LogP) is 0.591. The molecule has 0 aromatic heterocycles. The number of carbonyl (C=O) groups is 2. The van der Waals surface area contributed by atoms with Gasteiger partial charge in [-0.3, -0.25) is 10.1 Å². The van der Waals surface area contributed by atoms with Crippen LogP contribution in [0.3, 0.4) is 0 Å². The number of fused-ring (bicyclic) bond motifs is 2. The molecule has 10 heteroatoms. The largest absolute Gasteiger partial charge is 0.481 e. The van der Waals surface area contributed by atoms with E-state index in [-0.39, 0.29) is 32.7 Å². The van der Waals surface area contributed by atoms with Gasteiger partial charge in [-0.2, -0.15) is 0 Å². The fourth-order valence-corrected chi connectivity index (χ4v) is 3.72. The summed E-state index contributed by atoms with van der Waals surface area (Å²) in [5.74, 6) is -1.78. The lowest BCUT2D eigenvalue weighted by atomic mass is 9.81. The number of hydrogen-bond donors (Lipinski definition) is 3. The molecule has 4 aliphatic heterocycles. The van der Waals surface area contributed by atoms with Gasteiger partial charge in [-0.25, -0.2) is 4.79 Å². The molecule has 2 bridgehead atoms. The maximum atomic E-state index is 12.1. The lowest BCUT2D eigenvalue weighted by Crippen LogP contribution is -2.79. The number of nitrogens with one attached hydrogen (secondary N) is 2. The summed E-state index contributed by atoms with van der Waals surface area (Å²) in [4.78, 5) is 22.9. The minimum absolute atomic E-state index is 0.0575. The topological polar surface area (TPSA) is 125 Å². The average molecular weight is 402 g/mol. The number of hydrogen-bond acceptors (Lipinski definition) is 8. The van der Waals surface area contributed by atoms with Gasteiger partial charge in [0.1, 0.15) is 23.4 Å². The Bertz CT molecular complexity index is 622. The zero-order valence-electron chi connectivity index (χ0n) is 17.0. The number of aliphatic carboxylic acids is 1. The number of rotatable bonds is 6. The highest BCUT2D eigenvalue weighted by atomic mass is 16.8. The summed E-state index contributed by atoms with van der Waals surface area (Å²) < 4.78 is 29.6. The Balaban J connectivity index is 1.72. The highest BCUT2D eigenvalue weighted by molar-refractivity contribution is 5.68. The van der Waals surface area contributed by atoms with Crippen molar-refractivity contribution in [2.24, 2.45) is 0 Å². The Morgan fingerprint density at radius 1 is 1.14 bits per heavy atom. The predicted molar refractivity (Wildman–Crippen MR) is 95.7 cm³/mol. The Kier molecular flexibility index (Phi) is 5.39. The zero-order chi connectivity index (χ0) is 20.8. The summed E-state index contributed by atoms with van der Waals surface area (Å²) in [5.41, 5.74) is -2.54. The number of carbonyl (C=O) groups excluding carboxylic acids is 1. The Morgan fingerprint density at radius 3 is 2.39 bits per heavy atom. The molecule has 4 heterocycles. The van der Waals surface area contributed by atoms with Crippen LogP contribution in [0.15, 0.2) is 0 Å². The van der Waals surface area contributed by atoms with E-state index in [0.717, 1.165) is 0 Å². The third-order valence-corrected chi connectivity index (χ3v) is 4.92. The third kappa shape index (κ3) is 4.25. The first-order valence-electron chi connectivity index (χ1n) is 9.44. The number of carboxylic acid groups (broad SMARTS) is 1. The Morgan fingerprint density at radius 2 is 1.82 bits per heavy atom. The van der Waals surface area contributed by atoms with Gasteiger partial charge in [-0.1, -0.05) is 0 Å². The van der Waals surface area contributed by atoms with E-state index >= 15 is 0 Å². The van der Waals surface area contributed by atoms with Gasteiger partial charge >= 0.3 is 12.1 Å². The fraction of sp³-hybridized carbons (Fsp3) is 0.889. The molecule has 1 amide bonds. The van der Waals surface area contributed by atoms with Crippen LogP contribution in [-0.4, -0.2) is 78.4 Å².